The molecule has 0 saturated heterocycles. The van der Waals surface area contributed by atoms with Crippen LogP contribution >= 0.6 is 0 Å². The summed E-state index contributed by atoms with van der Waals surface area (Å²) in [6, 6.07) is 0. The zero-order chi connectivity index (χ0) is 15.1. The van der Waals surface area contributed by atoms with Crippen molar-refractivity contribution in [1.82, 2.24) is 14.9 Å². The van der Waals surface area contributed by atoms with Crippen molar-refractivity contribution in [2.45, 2.75) is 27.2 Å². The zero-order valence-corrected chi connectivity index (χ0v) is 12.0. The highest BCUT2D eigenvalue weighted by atomic mass is 16.6. The molecule has 0 fully saturated rings. The maximum Gasteiger partial charge on any atom is 0.416 e. The highest BCUT2D eigenvalue weighted by molar-refractivity contribution is 5.73. The van der Waals surface area contributed by atoms with Gasteiger partial charge in [-0.1, -0.05) is 6.92 Å². The van der Waals surface area contributed by atoms with E-state index >= 15 is 0 Å². The van der Waals surface area contributed by atoms with Gasteiger partial charge in [0.2, 0.25) is 11.8 Å². The Morgan fingerprint density at radius 1 is 1.15 bits per heavy atom. The Hall–Kier alpha value is -2.25. The molecule has 1 aromatic rings. The lowest BCUT2D eigenvalue weighted by Gasteiger charge is -2.18. The lowest BCUT2D eigenvalue weighted by atomic mass is 10.4. The SMILES string of the molecule is CCCOc1nc(N)nc(OC(=O)N(CC)CC)c1N. The van der Waals surface area contributed by atoms with Gasteiger partial charge in [0.1, 0.15) is 0 Å². The van der Waals surface area contributed by atoms with Crippen LogP contribution in [0.3, 0.4) is 0 Å². The molecule has 0 atom stereocenters. The number of ether oxygens (including phenoxy) is 2. The largest absolute Gasteiger partial charge is 0.476 e. The fourth-order valence-electron chi connectivity index (χ4n) is 1.46. The highest BCUT2D eigenvalue weighted by Crippen LogP contribution is 2.29. The minimum atomic E-state index is -0.541. The van der Waals surface area contributed by atoms with Gasteiger partial charge < -0.3 is 25.8 Å². The summed E-state index contributed by atoms with van der Waals surface area (Å²) in [5.41, 5.74) is 11.4. The van der Waals surface area contributed by atoms with Crippen molar-refractivity contribution in [2.75, 3.05) is 31.2 Å². The van der Waals surface area contributed by atoms with Crippen LogP contribution in [0, 0.1) is 0 Å². The summed E-state index contributed by atoms with van der Waals surface area (Å²) in [7, 11) is 0. The van der Waals surface area contributed by atoms with Gasteiger partial charge in [0.25, 0.3) is 5.88 Å². The van der Waals surface area contributed by atoms with Gasteiger partial charge in [-0.2, -0.15) is 9.97 Å². The van der Waals surface area contributed by atoms with E-state index in [2.05, 4.69) is 9.97 Å². The van der Waals surface area contributed by atoms with Crippen molar-refractivity contribution < 1.29 is 14.3 Å². The molecule has 0 saturated carbocycles. The van der Waals surface area contributed by atoms with Crippen LogP contribution in [0.5, 0.6) is 11.8 Å². The first-order valence-electron chi connectivity index (χ1n) is 6.55. The number of hydrogen-bond donors (Lipinski definition) is 2. The monoisotopic (exact) mass is 283 g/mol. The Labute approximate surface area is 118 Å². The van der Waals surface area contributed by atoms with Crippen molar-refractivity contribution in [3.8, 4) is 11.8 Å². The quantitative estimate of drug-likeness (QED) is 0.807. The Bertz CT molecular complexity index is 463. The Morgan fingerprint density at radius 3 is 2.30 bits per heavy atom. The third-order valence-corrected chi connectivity index (χ3v) is 2.54. The van der Waals surface area contributed by atoms with Gasteiger partial charge in [0.15, 0.2) is 5.69 Å². The minimum Gasteiger partial charge on any atom is -0.476 e. The number of amides is 1. The second-order valence-electron chi connectivity index (χ2n) is 3.99. The maximum absolute atomic E-state index is 11.9. The topological polar surface area (TPSA) is 117 Å². The molecule has 20 heavy (non-hydrogen) atoms. The number of rotatable bonds is 6. The molecule has 4 N–H and O–H groups in total. The first-order chi connectivity index (χ1) is 9.53. The van der Waals surface area contributed by atoms with Gasteiger partial charge >= 0.3 is 6.09 Å². The lowest BCUT2D eigenvalue weighted by molar-refractivity contribution is 0.155. The molecule has 0 bridgehead atoms. The second kappa shape index (κ2) is 7.37. The second-order valence-corrected chi connectivity index (χ2v) is 3.99. The normalized spacial score (nSPS) is 10.2. The van der Waals surface area contributed by atoms with Gasteiger partial charge in [0.05, 0.1) is 6.61 Å². The van der Waals surface area contributed by atoms with Crippen molar-refractivity contribution >= 4 is 17.7 Å². The first-order valence-corrected chi connectivity index (χ1v) is 6.55. The number of anilines is 2. The molecule has 0 aliphatic carbocycles. The lowest BCUT2D eigenvalue weighted by Crippen LogP contribution is -2.33. The molecule has 0 radical (unpaired) electrons. The smallest absolute Gasteiger partial charge is 0.416 e. The highest BCUT2D eigenvalue weighted by Gasteiger charge is 2.19. The summed E-state index contributed by atoms with van der Waals surface area (Å²) >= 11 is 0. The molecular weight excluding hydrogens is 262 g/mol. The van der Waals surface area contributed by atoms with E-state index < -0.39 is 6.09 Å². The molecular formula is C12H21N5O3. The van der Waals surface area contributed by atoms with Crippen LogP contribution in [0.15, 0.2) is 0 Å². The van der Waals surface area contributed by atoms with Crippen LogP contribution in [0.2, 0.25) is 0 Å². The van der Waals surface area contributed by atoms with Gasteiger partial charge in [0, 0.05) is 13.1 Å². The van der Waals surface area contributed by atoms with Crippen molar-refractivity contribution in [1.29, 1.82) is 0 Å². The molecule has 1 heterocycles. The van der Waals surface area contributed by atoms with Crippen LogP contribution in [0.25, 0.3) is 0 Å². The first kappa shape index (κ1) is 15.8. The van der Waals surface area contributed by atoms with Crippen molar-refractivity contribution in [2.24, 2.45) is 0 Å². The molecule has 1 amide bonds. The standard InChI is InChI=1S/C12H21N5O3/c1-4-7-19-9-8(13)10(16-11(14)15-9)20-12(18)17(5-2)6-3/h4-7,13H2,1-3H3,(H2,14,15,16). The third-order valence-electron chi connectivity index (χ3n) is 2.54. The number of nitrogens with zero attached hydrogens (tertiary/aromatic N) is 3. The van der Waals surface area contributed by atoms with Gasteiger partial charge in [-0.3, -0.25) is 0 Å². The van der Waals surface area contributed by atoms with E-state index in [1.165, 1.54) is 4.90 Å². The number of nitrogens with two attached hydrogens (primary N) is 2. The molecule has 8 heteroatoms. The summed E-state index contributed by atoms with van der Waals surface area (Å²) in [5.74, 6) is -0.0187. The molecule has 8 nitrogen and oxygen atoms in total. The summed E-state index contributed by atoms with van der Waals surface area (Å²) in [4.78, 5) is 21.1. The van der Waals surface area contributed by atoms with Crippen molar-refractivity contribution in [3.63, 3.8) is 0 Å². The molecule has 1 aromatic heterocycles. The van der Waals surface area contributed by atoms with Gasteiger partial charge in [-0.15, -0.1) is 0 Å². The predicted octanol–water partition coefficient (Wildman–Crippen LogP) is 1.27. The number of nitrogen functional groups attached to an aromatic ring is 2. The van der Waals surface area contributed by atoms with E-state index in [9.17, 15) is 4.79 Å². The van der Waals surface area contributed by atoms with Crippen LogP contribution in [0.4, 0.5) is 16.4 Å². The van der Waals surface area contributed by atoms with E-state index in [-0.39, 0.29) is 23.4 Å². The molecule has 0 aliphatic heterocycles. The van der Waals surface area contributed by atoms with E-state index in [4.69, 9.17) is 20.9 Å². The molecule has 0 unspecified atom stereocenters. The third kappa shape index (κ3) is 3.87. The Morgan fingerprint density at radius 2 is 1.75 bits per heavy atom. The fourth-order valence-corrected chi connectivity index (χ4v) is 1.46. The van der Waals surface area contributed by atoms with Crippen LogP contribution in [0.1, 0.15) is 27.2 Å². The molecule has 0 aliphatic rings. The summed E-state index contributed by atoms with van der Waals surface area (Å²) in [6.45, 7) is 7.12. The number of aromatic nitrogens is 2. The minimum absolute atomic E-state index is 0.0624. The van der Waals surface area contributed by atoms with E-state index in [1.807, 2.05) is 20.8 Å². The van der Waals surface area contributed by atoms with Gasteiger partial charge in [-0.25, -0.2) is 4.79 Å². The molecule has 0 spiro atoms. The van der Waals surface area contributed by atoms with Crippen molar-refractivity contribution in [3.05, 3.63) is 0 Å². The average molecular weight is 283 g/mol. The van der Waals surface area contributed by atoms with E-state index in [1.54, 1.807) is 0 Å². The van der Waals surface area contributed by atoms with E-state index in [0.717, 1.165) is 6.42 Å². The Kier molecular flexibility index (Phi) is 5.82. The van der Waals surface area contributed by atoms with Crippen LogP contribution in [-0.4, -0.2) is 40.7 Å². The number of carbonyl (C=O) groups excluding carboxylic acids is 1. The van der Waals surface area contributed by atoms with E-state index in [0.29, 0.717) is 19.7 Å². The maximum atomic E-state index is 11.9. The number of carbonyl (C=O) groups is 1. The number of hydrogen-bond acceptors (Lipinski definition) is 7. The predicted molar refractivity (Wildman–Crippen MR) is 75.6 cm³/mol. The average Bonchev–Trinajstić information content (AvgIpc) is 2.42. The summed E-state index contributed by atoms with van der Waals surface area (Å²) in [6.07, 6.45) is 0.249. The molecule has 0 aromatic carbocycles. The van der Waals surface area contributed by atoms with Crippen LogP contribution in [-0.2, 0) is 0 Å². The van der Waals surface area contributed by atoms with Crippen LogP contribution < -0.4 is 20.9 Å². The van der Waals surface area contributed by atoms with Gasteiger partial charge in [-0.05, 0) is 20.3 Å². The zero-order valence-electron chi connectivity index (χ0n) is 12.0. The Balaban J connectivity index is 2.94. The summed E-state index contributed by atoms with van der Waals surface area (Å²) < 4.78 is 10.5. The molecule has 112 valence electrons. The fraction of sp³-hybridized carbons (Fsp3) is 0.583. The summed E-state index contributed by atoms with van der Waals surface area (Å²) in [5, 5.41) is 0. The molecule has 1 rings (SSSR count).